The first-order valence-electron chi connectivity index (χ1n) is 9.37. The zero-order valence-electron chi connectivity index (χ0n) is 16.9. The van der Waals surface area contributed by atoms with Crippen LogP contribution in [0.5, 0.6) is 0 Å². The van der Waals surface area contributed by atoms with Gasteiger partial charge in [0.05, 0.1) is 0 Å². The number of hydrogen-bond acceptors (Lipinski definition) is 5. The summed E-state index contributed by atoms with van der Waals surface area (Å²) in [4.78, 5) is 25.6. The Bertz CT molecular complexity index is 1030. The lowest BCUT2D eigenvalue weighted by Gasteiger charge is -2.22. The zero-order chi connectivity index (χ0) is 21.0. The molecule has 0 radical (unpaired) electrons. The van der Waals surface area contributed by atoms with Crippen LogP contribution in [0.3, 0.4) is 0 Å². The summed E-state index contributed by atoms with van der Waals surface area (Å²) in [6, 6.07) is 13.9. The molecule has 1 atom stereocenters. The monoisotopic (exact) mass is 392 g/mol. The Hall–Kier alpha value is -3.55. The molecule has 8 nitrogen and oxygen atoms in total. The average molecular weight is 392 g/mol. The van der Waals surface area contributed by atoms with E-state index in [2.05, 4.69) is 26.2 Å². The molecule has 3 aromatic rings. The van der Waals surface area contributed by atoms with Crippen LogP contribution in [0.2, 0.25) is 0 Å². The van der Waals surface area contributed by atoms with Crippen molar-refractivity contribution >= 4 is 17.5 Å². The fourth-order valence-electron chi connectivity index (χ4n) is 3.01. The van der Waals surface area contributed by atoms with E-state index in [-0.39, 0.29) is 17.7 Å². The van der Waals surface area contributed by atoms with E-state index >= 15 is 0 Å². The van der Waals surface area contributed by atoms with Crippen molar-refractivity contribution < 1.29 is 9.59 Å². The molecule has 8 heteroatoms. The molecule has 1 unspecified atom stereocenters. The molecule has 0 aliphatic rings. The van der Waals surface area contributed by atoms with Crippen molar-refractivity contribution in [2.45, 2.75) is 26.8 Å². The molecular formula is C21H24N6O2. The second-order valence-corrected chi connectivity index (χ2v) is 7.21. The van der Waals surface area contributed by atoms with Gasteiger partial charge in [-0.25, -0.2) is 4.68 Å². The van der Waals surface area contributed by atoms with Gasteiger partial charge in [-0.05, 0) is 47.0 Å². The highest BCUT2D eigenvalue weighted by Crippen LogP contribution is 2.20. The fourth-order valence-corrected chi connectivity index (χ4v) is 3.01. The zero-order valence-corrected chi connectivity index (χ0v) is 16.9. The number of hydrogen-bond donors (Lipinski definition) is 2. The summed E-state index contributed by atoms with van der Waals surface area (Å²) in [5.74, 6) is -0.0468. The first kappa shape index (κ1) is 20.2. The maximum absolute atomic E-state index is 12.9. The lowest BCUT2D eigenvalue weighted by Crippen LogP contribution is -2.47. The van der Waals surface area contributed by atoms with Crippen LogP contribution >= 0.6 is 0 Å². The van der Waals surface area contributed by atoms with E-state index in [9.17, 15) is 9.59 Å². The van der Waals surface area contributed by atoms with Gasteiger partial charge in [0.15, 0.2) is 5.82 Å². The van der Waals surface area contributed by atoms with Crippen molar-refractivity contribution in [3.63, 3.8) is 0 Å². The van der Waals surface area contributed by atoms with E-state index in [1.54, 1.807) is 36.0 Å². The number of anilines is 1. The smallest absolute Gasteiger partial charge is 0.252 e. The van der Waals surface area contributed by atoms with Gasteiger partial charge < -0.3 is 10.6 Å². The summed E-state index contributed by atoms with van der Waals surface area (Å²) in [6.45, 7) is 5.65. The summed E-state index contributed by atoms with van der Waals surface area (Å²) in [6.07, 6.45) is 0. The molecule has 150 valence electrons. The molecule has 0 saturated heterocycles. The van der Waals surface area contributed by atoms with Crippen LogP contribution in [-0.4, -0.2) is 38.1 Å². The van der Waals surface area contributed by atoms with Crippen LogP contribution < -0.4 is 10.6 Å². The van der Waals surface area contributed by atoms with E-state index in [0.717, 1.165) is 11.1 Å². The molecular weight excluding hydrogens is 368 g/mol. The highest BCUT2D eigenvalue weighted by Gasteiger charge is 2.25. The molecule has 29 heavy (non-hydrogen) atoms. The molecule has 2 amide bonds. The minimum atomic E-state index is -0.678. The Morgan fingerprint density at radius 3 is 2.48 bits per heavy atom. The van der Waals surface area contributed by atoms with Crippen molar-refractivity contribution in [2.24, 2.45) is 13.0 Å². The summed E-state index contributed by atoms with van der Waals surface area (Å²) < 4.78 is 1.56. The number of rotatable bonds is 6. The first-order valence-corrected chi connectivity index (χ1v) is 9.37. The summed E-state index contributed by atoms with van der Waals surface area (Å²) in [7, 11) is 1.75. The normalized spacial score (nSPS) is 11.9. The van der Waals surface area contributed by atoms with Crippen molar-refractivity contribution in [2.75, 3.05) is 5.32 Å². The van der Waals surface area contributed by atoms with Gasteiger partial charge in [-0.2, -0.15) is 0 Å². The lowest BCUT2D eigenvalue weighted by molar-refractivity contribution is -0.118. The van der Waals surface area contributed by atoms with Gasteiger partial charge in [0, 0.05) is 23.9 Å². The third-order valence-corrected chi connectivity index (χ3v) is 4.63. The minimum Gasteiger partial charge on any atom is -0.340 e. The third-order valence-electron chi connectivity index (χ3n) is 4.63. The Labute approximate surface area is 169 Å². The molecule has 0 bridgehead atoms. The number of aromatic nitrogens is 4. The van der Waals surface area contributed by atoms with Crippen molar-refractivity contribution in [3.8, 4) is 11.4 Å². The predicted octanol–water partition coefficient (Wildman–Crippen LogP) is 2.58. The van der Waals surface area contributed by atoms with E-state index < -0.39 is 6.04 Å². The average Bonchev–Trinajstić information content (AvgIpc) is 3.12. The van der Waals surface area contributed by atoms with Crippen molar-refractivity contribution in [3.05, 3.63) is 59.7 Å². The highest BCUT2D eigenvalue weighted by atomic mass is 16.2. The minimum absolute atomic E-state index is 0.0888. The van der Waals surface area contributed by atoms with Crippen LogP contribution in [-0.2, 0) is 11.8 Å². The standard InChI is InChI=1S/C21H24N6O2/c1-13(2)18(23-20(28)17-11-6-5-8-14(17)3)21(29)22-16-10-7-9-15(12-16)19-24-25-26-27(19)4/h5-13,18H,1-4H3,(H,22,29)(H,23,28). The summed E-state index contributed by atoms with van der Waals surface area (Å²) in [5, 5.41) is 17.2. The number of benzene rings is 2. The fraction of sp³-hybridized carbons (Fsp3) is 0.286. The number of amides is 2. The van der Waals surface area contributed by atoms with Gasteiger partial charge in [-0.3, -0.25) is 9.59 Å². The van der Waals surface area contributed by atoms with Crippen LogP contribution in [0.25, 0.3) is 11.4 Å². The Morgan fingerprint density at radius 2 is 1.83 bits per heavy atom. The van der Waals surface area contributed by atoms with Gasteiger partial charge in [-0.15, -0.1) is 5.10 Å². The van der Waals surface area contributed by atoms with Crippen LogP contribution in [0, 0.1) is 12.8 Å². The number of carbonyl (C=O) groups is 2. The van der Waals surface area contributed by atoms with Crippen LogP contribution in [0.1, 0.15) is 29.8 Å². The molecule has 0 aliphatic heterocycles. The summed E-state index contributed by atoms with van der Waals surface area (Å²) >= 11 is 0. The van der Waals surface area contributed by atoms with Gasteiger partial charge in [-0.1, -0.05) is 44.2 Å². The van der Waals surface area contributed by atoms with E-state index in [0.29, 0.717) is 17.1 Å². The van der Waals surface area contributed by atoms with Crippen molar-refractivity contribution in [1.29, 1.82) is 0 Å². The summed E-state index contributed by atoms with van der Waals surface area (Å²) in [5.41, 5.74) is 2.80. The largest absolute Gasteiger partial charge is 0.340 e. The van der Waals surface area contributed by atoms with Crippen LogP contribution in [0.15, 0.2) is 48.5 Å². The third kappa shape index (κ3) is 4.66. The van der Waals surface area contributed by atoms with E-state index in [4.69, 9.17) is 0 Å². The Balaban J connectivity index is 1.76. The maximum Gasteiger partial charge on any atom is 0.252 e. The van der Waals surface area contributed by atoms with Gasteiger partial charge in [0.25, 0.3) is 5.91 Å². The van der Waals surface area contributed by atoms with Gasteiger partial charge in [0.2, 0.25) is 5.91 Å². The van der Waals surface area contributed by atoms with E-state index in [1.807, 2.05) is 45.0 Å². The van der Waals surface area contributed by atoms with Gasteiger partial charge >= 0.3 is 0 Å². The van der Waals surface area contributed by atoms with Crippen LogP contribution in [0.4, 0.5) is 5.69 Å². The molecule has 0 aliphatic carbocycles. The molecule has 0 spiro atoms. The topological polar surface area (TPSA) is 102 Å². The van der Waals surface area contributed by atoms with Gasteiger partial charge in [0.1, 0.15) is 6.04 Å². The lowest BCUT2D eigenvalue weighted by atomic mass is 10.0. The molecule has 2 aromatic carbocycles. The molecule has 0 saturated carbocycles. The molecule has 3 rings (SSSR count). The predicted molar refractivity (Wildman–Crippen MR) is 110 cm³/mol. The molecule has 1 heterocycles. The number of tetrazole rings is 1. The maximum atomic E-state index is 12.9. The first-order chi connectivity index (χ1) is 13.9. The quantitative estimate of drug-likeness (QED) is 0.671. The molecule has 0 fully saturated rings. The Kier molecular flexibility index (Phi) is 6.01. The second-order valence-electron chi connectivity index (χ2n) is 7.21. The number of carbonyl (C=O) groups excluding carboxylic acids is 2. The van der Waals surface area contributed by atoms with E-state index in [1.165, 1.54) is 0 Å². The second kappa shape index (κ2) is 8.64. The molecule has 1 aromatic heterocycles. The van der Waals surface area contributed by atoms with Crippen molar-refractivity contribution in [1.82, 2.24) is 25.5 Å². The number of nitrogens with one attached hydrogen (secondary N) is 2. The SMILES string of the molecule is Cc1ccccc1C(=O)NC(C(=O)Nc1cccc(-c2nnnn2C)c1)C(C)C. The molecule has 2 N–H and O–H groups in total. The highest BCUT2D eigenvalue weighted by molar-refractivity contribution is 6.02. The number of nitrogens with zero attached hydrogens (tertiary/aromatic N) is 4. The number of aryl methyl sites for hydroxylation is 2. The Morgan fingerprint density at radius 1 is 1.07 bits per heavy atom.